The molecule has 1 aliphatic rings. The predicted octanol–water partition coefficient (Wildman–Crippen LogP) is 4.40. The molecule has 1 aliphatic heterocycles. The summed E-state index contributed by atoms with van der Waals surface area (Å²) in [6, 6.07) is 9.83. The molecule has 0 radical (unpaired) electrons. The van der Waals surface area contributed by atoms with Crippen molar-refractivity contribution in [2.75, 3.05) is 30.9 Å². The normalized spacial score (nSPS) is 15.2. The summed E-state index contributed by atoms with van der Waals surface area (Å²) in [7, 11) is 0. The van der Waals surface area contributed by atoms with Crippen molar-refractivity contribution in [2.24, 2.45) is 5.16 Å². The predicted molar refractivity (Wildman–Crippen MR) is 109 cm³/mol. The molecule has 0 bridgehead atoms. The Morgan fingerprint density at radius 3 is 2.65 bits per heavy atom. The Balaban J connectivity index is 1.94. The molecule has 0 unspecified atom stereocenters. The van der Waals surface area contributed by atoms with Gasteiger partial charge >= 0.3 is 0 Å². The zero-order valence-corrected chi connectivity index (χ0v) is 16.9. The van der Waals surface area contributed by atoms with Crippen LogP contribution in [-0.4, -0.2) is 51.8 Å². The van der Waals surface area contributed by atoms with E-state index in [9.17, 15) is 5.21 Å². The summed E-state index contributed by atoms with van der Waals surface area (Å²) < 4.78 is 6.10. The van der Waals surface area contributed by atoms with Gasteiger partial charge in [-0.05, 0) is 56.0 Å². The minimum Gasteiger partial charge on any atom is -0.438 e. The fourth-order valence-corrected chi connectivity index (χ4v) is 4.36. The summed E-state index contributed by atoms with van der Waals surface area (Å²) in [4.78, 5) is 7.85. The number of pyridine rings is 1. The Kier molecular flexibility index (Phi) is 6.32. The first-order valence-electron chi connectivity index (χ1n) is 8.47. The van der Waals surface area contributed by atoms with E-state index in [1.807, 2.05) is 49.0 Å². The second-order valence-electron chi connectivity index (χ2n) is 6.06. The van der Waals surface area contributed by atoms with Gasteiger partial charge in [0.2, 0.25) is 5.88 Å². The zero-order chi connectivity index (χ0) is 18.5. The molecular weight excluding hydrogens is 366 g/mol. The fourth-order valence-electron chi connectivity index (χ4n) is 2.87. The van der Waals surface area contributed by atoms with Gasteiger partial charge in [0, 0.05) is 35.2 Å². The van der Waals surface area contributed by atoms with Crippen LogP contribution in [0, 0.1) is 13.8 Å². The Hall–Kier alpha value is -1.86. The lowest BCUT2D eigenvalue weighted by Crippen LogP contribution is -2.38. The van der Waals surface area contributed by atoms with Gasteiger partial charge in [0.15, 0.2) is 5.84 Å². The molecule has 0 saturated carbocycles. The lowest BCUT2D eigenvalue weighted by atomic mass is 10.2. The van der Waals surface area contributed by atoms with Crippen LogP contribution in [-0.2, 0) is 0 Å². The maximum Gasteiger partial charge on any atom is 0.230 e. The number of aromatic nitrogens is 1. The summed E-state index contributed by atoms with van der Waals surface area (Å²) in [5.74, 6) is 3.75. The second kappa shape index (κ2) is 8.68. The Labute approximate surface area is 162 Å². The van der Waals surface area contributed by atoms with E-state index in [1.54, 1.807) is 11.8 Å². The fraction of sp³-hybridized carbons (Fsp3) is 0.368. The molecule has 1 aromatic heterocycles. The Morgan fingerprint density at radius 2 is 2.00 bits per heavy atom. The van der Waals surface area contributed by atoms with Gasteiger partial charge < -0.3 is 14.8 Å². The zero-order valence-electron chi connectivity index (χ0n) is 15.2. The van der Waals surface area contributed by atoms with Crippen molar-refractivity contribution in [3.8, 4) is 11.6 Å². The number of thioether (sulfide) groups is 2. The molecule has 138 valence electrons. The van der Waals surface area contributed by atoms with Crippen LogP contribution in [0.3, 0.4) is 0 Å². The molecule has 26 heavy (non-hydrogen) atoms. The minimum atomic E-state index is 0.465. The average Bonchev–Trinajstić information content (AvgIpc) is 2.65. The molecule has 0 spiro atoms. The van der Waals surface area contributed by atoms with Crippen molar-refractivity contribution in [3.05, 3.63) is 47.2 Å². The number of ether oxygens (including phenoxy) is 1. The molecule has 0 amide bonds. The molecule has 1 aromatic carbocycles. The highest BCUT2D eigenvalue weighted by Crippen LogP contribution is 2.29. The molecule has 7 heteroatoms. The number of amidine groups is 1. The van der Waals surface area contributed by atoms with Gasteiger partial charge in [0.05, 0.1) is 5.56 Å². The van der Waals surface area contributed by atoms with E-state index in [1.165, 1.54) is 4.90 Å². The van der Waals surface area contributed by atoms with Gasteiger partial charge in [-0.15, -0.1) is 11.8 Å². The third-order valence-electron chi connectivity index (χ3n) is 4.23. The first-order valence-corrected chi connectivity index (χ1v) is 10.9. The number of aryl methyl sites for hydroxylation is 2. The van der Waals surface area contributed by atoms with Crippen molar-refractivity contribution in [2.45, 2.75) is 18.7 Å². The maximum absolute atomic E-state index is 9.66. The first-order chi connectivity index (χ1) is 12.6. The second-order valence-corrected chi connectivity index (χ2v) is 8.13. The highest BCUT2D eigenvalue weighted by atomic mass is 32.2. The quantitative estimate of drug-likeness (QED) is 0.275. The SMILES string of the molecule is CSc1ccc(Oc2nc(C)ccc2/C(=N/O)N2CCSCC2)cc1C. The number of nitrogens with zero attached hydrogens (tertiary/aromatic N) is 3. The third kappa shape index (κ3) is 4.27. The summed E-state index contributed by atoms with van der Waals surface area (Å²) in [5.41, 5.74) is 2.72. The number of rotatable bonds is 4. The van der Waals surface area contributed by atoms with Crippen molar-refractivity contribution < 1.29 is 9.94 Å². The van der Waals surface area contributed by atoms with Crippen LogP contribution >= 0.6 is 23.5 Å². The number of hydrogen-bond donors (Lipinski definition) is 1. The average molecular weight is 390 g/mol. The van der Waals surface area contributed by atoms with Crippen LogP contribution in [0.1, 0.15) is 16.8 Å². The van der Waals surface area contributed by atoms with E-state index in [-0.39, 0.29) is 0 Å². The number of hydrogen-bond acceptors (Lipinski definition) is 6. The van der Waals surface area contributed by atoms with E-state index in [0.29, 0.717) is 17.3 Å². The topological polar surface area (TPSA) is 58.0 Å². The summed E-state index contributed by atoms with van der Waals surface area (Å²) >= 11 is 3.62. The summed E-state index contributed by atoms with van der Waals surface area (Å²) in [5, 5.41) is 13.2. The molecule has 0 aliphatic carbocycles. The van der Waals surface area contributed by atoms with E-state index in [2.05, 4.69) is 28.2 Å². The molecule has 2 heterocycles. The maximum atomic E-state index is 9.66. The van der Waals surface area contributed by atoms with Gasteiger partial charge in [0.1, 0.15) is 5.75 Å². The number of oxime groups is 1. The molecule has 1 saturated heterocycles. The van der Waals surface area contributed by atoms with Gasteiger partial charge in [-0.3, -0.25) is 0 Å². The Morgan fingerprint density at radius 1 is 1.23 bits per heavy atom. The van der Waals surface area contributed by atoms with Crippen molar-refractivity contribution >= 4 is 29.4 Å². The van der Waals surface area contributed by atoms with Crippen LogP contribution in [0.2, 0.25) is 0 Å². The van der Waals surface area contributed by atoms with Crippen molar-refractivity contribution in [1.29, 1.82) is 0 Å². The largest absolute Gasteiger partial charge is 0.438 e. The summed E-state index contributed by atoms with van der Waals surface area (Å²) in [6.45, 7) is 5.68. The van der Waals surface area contributed by atoms with Crippen LogP contribution in [0.25, 0.3) is 0 Å². The highest BCUT2D eigenvalue weighted by molar-refractivity contribution is 7.99. The minimum absolute atomic E-state index is 0.465. The third-order valence-corrected chi connectivity index (χ3v) is 6.07. The standard InChI is InChI=1S/C19H23N3O2S2/c1-13-12-15(5-7-17(13)25-3)24-19-16(6-4-14(2)20-19)18(21-23)22-8-10-26-11-9-22/h4-7,12,23H,8-11H2,1-3H3/b21-18-. The van der Waals surface area contributed by atoms with E-state index >= 15 is 0 Å². The van der Waals surface area contributed by atoms with Gasteiger partial charge in [-0.1, -0.05) is 5.16 Å². The lowest BCUT2D eigenvalue weighted by Gasteiger charge is -2.29. The van der Waals surface area contributed by atoms with Crippen LogP contribution in [0.15, 0.2) is 40.4 Å². The smallest absolute Gasteiger partial charge is 0.230 e. The molecule has 0 atom stereocenters. The van der Waals surface area contributed by atoms with E-state index in [4.69, 9.17) is 4.74 Å². The van der Waals surface area contributed by atoms with Crippen molar-refractivity contribution in [1.82, 2.24) is 9.88 Å². The van der Waals surface area contributed by atoms with Crippen LogP contribution < -0.4 is 4.74 Å². The van der Waals surface area contributed by atoms with Gasteiger partial charge in [-0.25, -0.2) is 4.98 Å². The summed E-state index contributed by atoms with van der Waals surface area (Å²) in [6.07, 6.45) is 2.06. The van der Waals surface area contributed by atoms with E-state index < -0.39 is 0 Å². The molecular formula is C19H23N3O2S2. The molecule has 5 nitrogen and oxygen atoms in total. The monoisotopic (exact) mass is 389 g/mol. The van der Waals surface area contributed by atoms with Crippen molar-refractivity contribution in [3.63, 3.8) is 0 Å². The van der Waals surface area contributed by atoms with Crippen LogP contribution in [0.4, 0.5) is 0 Å². The molecule has 1 N–H and O–H groups in total. The highest BCUT2D eigenvalue weighted by Gasteiger charge is 2.22. The Bertz CT molecular complexity index is 805. The van der Waals surface area contributed by atoms with E-state index in [0.717, 1.165) is 41.6 Å². The first kappa shape index (κ1) is 18.9. The molecule has 2 aromatic rings. The lowest BCUT2D eigenvalue weighted by molar-refractivity contribution is 0.303. The van der Waals surface area contributed by atoms with Gasteiger partial charge in [-0.2, -0.15) is 11.8 Å². The molecule has 3 rings (SSSR count). The van der Waals surface area contributed by atoms with Crippen LogP contribution in [0.5, 0.6) is 11.6 Å². The number of benzene rings is 1. The molecule has 1 fully saturated rings. The van der Waals surface area contributed by atoms with Gasteiger partial charge in [0.25, 0.3) is 0 Å².